The van der Waals surface area contributed by atoms with Crippen LogP contribution >= 0.6 is 11.8 Å². The lowest BCUT2D eigenvalue weighted by Crippen LogP contribution is -2.00. The SMILES string of the molecule is CCCC(=O)CSCc1ccccc1. The van der Waals surface area contributed by atoms with Gasteiger partial charge in [-0.25, -0.2) is 0 Å². The fourth-order valence-electron chi connectivity index (χ4n) is 1.21. The molecule has 0 aromatic heterocycles. The van der Waals surface area contributed by atoms with Crippen molar-refractivity contribution in [2.45, 2.75) is 25.5 Å². The molecule has 0 saturated carbocycles. The number of ketones is 1. The largest absolute Gasteiger partial charge is 0.299 e. The zero-order valence-corrected chi connectivity index (χ0v) is 9.35. The van der Waals surface area contributed by atoms with Crippen molar-refractivity contribution in [2.75, 3.05) is 5.75 Å². The summed E-state index contributed by atoms with van der Waals surface area (Å²) in [7, 11) is 0. The Balaban J connectivity index is 2.19. The maximum absolute atomic E-state index is 11.2. The molecule has 0 atom stereocenters. The molecule has 1 aromatic rings. The Morgan fingerprint density at radius 2 is 2.00 bits per heavy atom. The molecule has 0 N–H and O–H groups in total. The summed E-state index contributed by atoms with van der Waals surface area (Å²) >= 11 is 1.70. The number of carbonyl (C=O) groups is 1. The lowest BCUT2D eigenvalue weighted by molar-refractivity contribution is -0.116. The van der Waals surface area contributed by atoms with Crippen LogP contribution in [-0.4, -0.2) is 11.5 Å². The monoisotopic (exact) mass is 208 g/mol. The van der Waals surface area contributed by atoms with Crippen molar-refractivity contribution in [3.63, 3.8) is 0 Å². The first kappa shape index (κ1) is 11.3. The zero-order valence-electron chi connectivity index (χ0n) is 8.53. The molecule has 0 aliphatic heterocycles. The number of Topliss-reactive ketones (excluding diaryl/α,β-unsaturated/α-hetero) is 1. The first-order valence-corrected chi connectivity index (χ1v) is 6.11. The number of rotatable bonds is 6. The van der Waals surface area contributed by atoms with E-state index in [0.717, 1.165) is 18.6 Å². The van der Waals surface area contributed by atoms with Crippen molar-refractivity contribution in [3.8, 4) is 0 Å². The van der Waals surface area contributed by atoms with E-state index in [4.69, 9.17) is 0 Å². The van der Waals surface area contributed by atoms with Crippen LogP contribution in [0.2, 0.25) is 0 Å². The normalized spacial score (nSPS) is 10.1. The molecule has 0 spiro atoms. The Kier molecular flexibility index (Phi) is 5.38. The highest BCUT2D eigenvalue weighted by atomic mass is 32.2. The summed E-state index contributed by atoms with van der Waals surface area (Å²) in [5.74, 6) is 1.97. The summed E-state index contributed by atoms with van der Waals surface area (Å²) in [6.07, 6.45) is 1.69. The van der Waals surface area contributed by atoms with E-state index in [2.05, 4.69) is 12.1 Å². The number of carbonyl (C=O) groups excluding carboxylic acids is 1. The molecular weight excluding hydrogens is 192 g/mol. The van der Waals surface area contributed by atoms with Crippen LogP contribution < -0.4 is 0 Å². The first-order chi connectivity index (χ1) is 6.83. The Morgan fingerprint density at radius 3 is 2.64 bits per heavy atom. The standard InChI is InChI=1S/C12H16OS/c1-2-6-12(13)10-14-9-11-7-4-3-5-8-11/h3-5,7-8H,2,6,9-10H2,1H3. The Morgan fingerprint density at radius 1 is 1.29 bits per heavy atom. The summed E-state index contributed by atoms with van der Waals surface area (Å²) < 4.78 is 0. The molecule has 0 amide bonds. The zero-order chi connectivity index (χ0) is 10.2. The van der Waals surface area contributed by atoms with Gasteiger partial charge in [0.05, 0.1) is 5.75 Å². The van der Waals surface area contributed by atoms with E-state index in [1.807, 2.05) is 25.1 Å². The van der Waals surface area contributed by atoms with Crippen molar-refractivity contribution < 1.29 is 4.79 Å². The third-order valence-electron chi connectivity index (χ3n) is 1.90. The van der Waals surface area contributed by atoms with E-state index < -0.39 is 0 Å². The summed E-state index contributed by atoms with van der Waals surface area (Å²) in [6.45, 7) is 2.04. The molecule has 0 saturated heterocycles. The van der Waals surface area contributed by atoms with Gasteiger partial charge in [0.15, 0.2) is 0 Å². The van der Waals surface area contributed by atoms with Gasteiger partial charge in [0.2, 0.25) is 0 Å². The molecule has 1 nitrogen and oxygen atoms in total. The first-order valence-electron chi connectivity index (χ1n) is 4.96. The molecule has 0 aliphatic rings. The average molecular weight is 208 g/mol. The second-order valence-corrected chi connectivity index (χ2v) is 4.25. The summed E-state index contributed by atoms with van der Waals surface area (Å²) in [5.41, 5.74) is 1.29. The van der Waals surface area contributed by atoms with Crippen molar-refractivity contribution in [1.29, 1.82) is 0 Å². The van der Waals surface area contributed by atoms with E-state index in [0.29, 0.717) is 11.5 Å². The molecule has 1 aromatic carbocycles. The van der Waals surface area contributed by atoms with Gasteiger partial charge in [-0.1, -0.05) is 37.3 Å². The van der Waals surface area contributed by atoms with Gasteiger partial charge in [-0.05, 0) is 12.0 Å². The minimum atomic E-state index is 0.369. The van der Waals surface area contributed by atoms with Gasteiger partial charge < -0.3 is 0 Å². The van der Waals surface area contributed by atoms with Crippen LogP contribution in [0, 0.1) is 0 Å². The number of thioether (sulfide) groups is 1. The van der Waals surface area contributed by atoms with Crippen LogP contribution in [0.1, 0.15) is 25.3 Å². The van der Waals surface area contributed by atoms with Gasteiger partial charge in [-0.3, -0.25) is 4.79 Å². The van der Waals surface area contributed by atoms with Crippen LogP contribution in [0.15, 0.2) is 30.3 Å². The summed E-state index contributed by atoms with van der Waals surface area (Å²) in [4.78, 5) is 11.2. The molecule has 14 heavy (non-hydrogen) atoms. The second kappa shape index (κ2) is 6.66. The van der Waals surface area contributed by atoms with Crippen molar-refractivity contribution in [1.82, 2.24) is 0 Å². The topological polar surface area (TPSA) is 17.1 Å². The molecule has 0 bridgehead atoms. The molecule has 0 aliphatic carbocycles. The van der Waals surface area contributed by atoms with Gasteiger partial charge in [0.25, 0.3) is 0 Å². The smallest absolute Gasteiger partial charge is 0.142 e. The molecule has 0 heterocycles. The Labute approximate surface area is 89.9 Å². The van der Waals surface area contributed by atoms with Crippen molar-refractivity contribution in [3.05, 3.63) is 35.9 Å². The van der Waals surface area contributed by atoms with Crippen LogP contribution in [0.4, 0.5) is 0 Å². The molecule has 76 valence electrons. The van der Waals surface area contributed by atoms with E-state index in [1.165, 1.54) is 5.56 Å². The van der Waals surface area contributed by atoms with E-state index >= 15 is 0 Å². The Hall–Kier alpha value is -0.760. The van der Waals surface area contributed by atoms with Crippen LogP contribution in [0.5, 0.6) is 0 Å². The molecule has 0 unspecified atom stereocenters. The van der Waals surface area contributed by atoms with Gasteiger partial charge in [-0.15, -0.1) is 11.8 Å². The third-order valence-corrected chi connectivity index (χ3v) is 2.97. The third kappa shape index (κ3) is 4.47. The molecular formula is C12H16OS. The molecule has 2 heteroatoms. The summed E-state index contributed by atoms with van der Waals surface area (Å²) in [5, 5.41) is 0. The van der Waals surface area contributed by atoms with Gasteiger partial charge in [-0.2, -0.15) is 0 Å². The molecule has 0 fully saturated rings. The highest BCUT2D eigenvalue weighted by molar-refractivity contribution is 7.99. The molecule has 0 radical (unpaired) electrons. The predicted molar refractivity (Wildman–Crippen MR) is 62.5 cm³/mol. The maximum Gasteiger partial charge on any atom is 0.142 e. The Bertz CT molecular complexity index is 269. The van der Waals surface area contributed by atoms with Gasteiger partial charge in [0.1, 0.15) is 5.78 Å². The second-order valence-electron chi connectivity index (χ2n) is 3.27. The lowest BCUT2D eigenvalue weighted by Gasteiger charge is -2.00. The molecule has 1 rings (SSSR count). The van der Waals surface area contributed by atoms with Crippen LogP contribution in [0.3, 0.4) is 0 Å². The quantitative estimate of drug-likeness (QED) is 0.713. The number of hydrogen-bond donors (Lipinski definition) is 0. The highest BCUT2D eigenvalue weighted by Crippen LogP contribution is 2.12. The van der Waals surface area contributed by atoms with Crippen molar-refractivity contribution in [2.24, 2.45) is 0 Å². The summed E-state index contributed by atoms with van der Waals surface area (Å²) in [6, 6.07) is 10.3. The average Bonchev–Trinajstić information content (AvgIpc) is 2.20. The van der Waals surface area contributed by atoms with E-state index in [9.17, 15) is 4.79 Å². The predicted octanol–water partition coefficient (Wildman–Crippen LogP) is 3.29. The van der Waals surface area contributed by atoms with Gasteiger partial charge in [0, 0.05) is 12.2 Å². The van der Waals surface area contributed by atoms with Crippen LogP contribution in [0.25, 0.3) is 0 Å². The van der Waals surface area contributed by atoms with Crippen LogP contribution in [-0.2, 0) is 10.5 Å². The van der Waals surface area contributed by atoms with E-state index in [1.54, 1.807) is 11.8 Å². The minimum absolute atomic E-state index is 0.369. The number of benzene rings is 1. The van der Waals surface area contributed by atoms with Gasteiger partial charge >= 0.3 is 0 Å². The highest BCUT2D eigenvalue weighted by Gasteiger charge is 2.00. The number of hydrogen-bond acceptors (Lipinski definition) is 2. The van der Waals surface area contributed by atoms with E-state index in [-0.39, 0.29) is 0 Å². The lowest BCUT2D eigenvalue weighted by atomic mass is 10.2. The van der Waals surface area contributed by atoms with Crippen molar-refractivity contribution >= 4 is 17.5 Å². The maximum atomic E-state index is 11.2. The fraction of sp³-hybridized carbons (Fsp3) is 0.417. The minimum Gasteiger partial charge on any atom is -0.299 e. The fourth-order valence-corrected chi connectivity index (χ4v) is 2.11.